The van der Waals surface area contributed by atoms with E-state index < -0.39 is 0 Å². The summed E-state index contributed by atoms with van der Waals surface area (Å²) in [6.07, 6.45) is 3.66. The Morgan fingerprint density at radius 2 is 2.10 bits per heavy atom. The first kappa shape index (κ1) is 14.6. The molecule has 0 saturated heterocycles. The lowest BCUT2D eigenvalue weighted by Gasteiger charge is -2.14. The summed E-state index contributed by atoms with van der Waals surface area (Å²) in [6, 6.07) is 8.18. The lowest BCUT2D eigenvalue weighted by atomic mass is 10.1. The smallest absolute Gasteiger partial charge is 0.146 e. The Morgan fingerprint density at radius 3 is 2.70 bits per heavy atom. The van der Waals surface area contributed by atoms with Crippen LogP contribution in [0.1, 0.15) is 24.4 Å². The van der Waals surface area contributed by atoms with Crippen LogP contribution < -0.4 is 10.1 Å². The molecule has 0 fully saturated rings. The molecule has 0 amide bonds. The summed E-state index contributed by atoms with van der Waals surface area (Å²) in [5, 5.41) is 12.0. The molecule has 0 bridgehead atoms. The van der Waals surface area contributed by atoms with Crippen LogP contribution >= 0.6 is 0 Å². The Morgan fingerprint density at radius 1 is 1.35 bits per heavy atom. The van der Waals surface area contributed by atoms with Crippen LogP contribution in [0.5, 0.6) is 5.75 Å². The molecule has 2 aromatic rings. The van der Waals surface area contributed by atoms with Gasteiger partial charge in [-0.25, -0.2) is 4.98 Å². The van der Waals surface area contributed by atoms with Crippen molar-refractivity contribution in [1.82, 2.24) is 14.9 Å². The average molecular weight is 275 g/mol. The van der Waals surface area contributed by atoms with Crippen molar-refractivity contribution < 1.29 is 9.84 Å². The average Bonchev–Trinajstić information content (AvgIpc) is 2.88. The van der Waals surface area contributed by atoms with Gasteiger partial charge in [-0.15, -0.1) is 0 Å². The fourth-order valence-electron chi connectivity index (χ4n) is 1.94. The quantitative estimate of drug-likeness (QED) is 0.806. The van der Waals surface area contributed by atoms with Gasteiger partial charge in [-0.3, -0.25) is 0 Å². The third kappa shape index (κ3) is 3.82. The molecule has 2 N–H and O–H groups in total. The van der Waals surface area contributed by atoms with Crippen LogP contribution in [0, 0.1) is 0 Å². The highest BCUT2D eigenvalue weighted by molar-refractivity contribution is 5.29. The second-order valence-electron chi connectivity index (χ2n) is 4.71. The number of aliphatic hydroxyl groups excluding tert-OH is 1. The molecule has 1 aromatic heterocycles. The van der Waals surface area contributed by atoms with Crippen LogP contribution in [0.2, 0.25) is 0 Å². The van der Waals surface area contributed by atoms with E-state index in [0.717, 1.165) is 11.6 Å². The molecule has 1 heterocycles. The SMILES string of the molecule is CC(NCCO)c1ccc(OCc2nccn2C)cc1. The number of hydrogen-bond donors (Lipinski definition) is 2. The van der Waals surface area contributed by atoms with E-state index in [9.17, 15) is 0 Å². The zero-order chi connectivity index (χ0) is 14.4. The maximum Gasteiger partial charge on any atom is 0.146 e. The van der Waals surface area contributed by atoms with Gasteiger partial charge in [0.05, 0.1) is 6.61 Å². The van der Waals surface area contributed by atoms with Gasteiger partial charge >= 0.3 is 0 Å². The van der Waals surface area contributed by atoms with Crippen molar-refractivity contribution in [3.8, 4) is 5.75 Å². The molecule has 5 heteroatoms. The number of imidazole rings is 1. The van der Waals surface area contributed by atoms with Crippen LogP contribution in [0.4, 0.5) is 0 Å². The van der Waals surface area contributed by atoms with Gasteiger partial charge in [0.15, 0.2) is 0 Å². The Labute approximate surface area is 119 Å². The predicted octanol–water partition coefficient (Wildman–Crippen LogP) is 1.64. The molecule has 0 aliphatic carbocycles. The highest BCUT2D eigenvalue weighted by Crippen LogP contribution is 2.18. The molecule has 0 aliphatic heterocycles. The first-order chi connectivity index (χ1) is 9.70. The number of rotatable bonds is 7. The normalized spacial score (nSPS) is 12.3. The highest BCUT2D eigenvalue weighted by Gasteiger charge is 2.05. The van der Waals surface area contributed by atoms with E-state index in [1.54, 1.807) is 6.20 Å². The number of aliphatic hydroxyl groups is 1. The number of ether oxygens (including phenoxy) is 1. The topological polar surface area (TPSA) is 59.3 Å². The van der Waals surface area contributed by atoms with Gasteiger partial charge in [-0.05, 0) is 24.6 Å². The van der Waals surface area contributed by atoms with Crippen LogP contribution in [0.25, 0.3) is 0 Å². The summed E-state index contributed by atoms with van der Waals surface area (Å²) in [7, 11) is 1.95. The summed E-state index contributed by atoms with van der Waals surface area (Å²) >= 11 is 0. The first-order valence-corrected chi connectivity index (χ1v) is 6.74. The molecular formula is C15H21N3O2. The summed E-state index contributed by atoms with van der Waals surface area (Å²) in [5.74, 6) is 1.72. The van der Waals surface area contributed by atoms with Gasteiger partial charge in [-0.2, -0.15) is 0 Å². The van der Waals surface area contributed by atoms with Crippen molar-refractivity contribution in [3.05, 3.63) is 48.0 Å². The van der Waals surface area contributed by atoms with Gasteiger partial charge in [-0.1, -0.05) is 12.1 Å². The number of benzene rings is 1. The number of aryl methyl sites for hydroxylation is 1. The van der Waals surface area contributed by atoms with E-state index in [-0.39, 0.29) is 12.6 Å². The van der Waals surface area contributed by atoms with Crippen LogP contribution in [-0.2, 0) is 13.7 Å². The zero-order valence-electron chi connectivity index (χ0n) is 11.9. The largest absolute Gasteiger partial charge is 0.486 e. The van der Waals surface area contributed by atoms with Crippen molar-refractivity contribution in [3.63, 3.8) is 0 Å². The summed E-state index contributed by atoms with van der Waals surface area (Å²) in [5.41, 5.74) is 1.17. The molecule has 0 spiro atoms. The third-order valence-corrected chi connectivity index (χ3v) is 3.23. The van der Waals surface area contributed by atoms with Gasteiger partial charge in [0, 0.05) is 32.0 Å². The molecule has 5 nitrogen and oxygen atoms in total. The maximum absolute atomic E-state index is 8.80. The lowest BCUT2D eigenvalue weighted by Crippen LogP contribution is -2.21. The van der Waals surface area contributed by atoms with Crippen molar-refractivity contribution >= 4 is 0 Å². The maximum atomic E-state index is 8.80. The van der Waals surface area contributed by atoms with E-state index in [4.69, 9.17) is 9.84 Å². The number of nitrogens with one attached hydrogen (secondary N) is 1. The fraction of sp³-hybridized carbons (Fsp3) is 0.400. The van der Waals surface area contributed by atoms with Crippen molar-refractivity contribution in [2.45, 2.75) is 19.6 Å². The molecule has 20 heavy (non-hydrogen) atoms. The number of aromatic nitrogens is 2. The minimum atomic E-state index is 0.148. The van der Waals surface area contributed by atoms with E-state index >= 15 is 0 Å². The van der Waals surface area contributed by atoms with E-state index in [0.29, 0.717) is 13.2 Å². The summed E-state index contributed by atoms with van der Waals surface area (Å²) in [4.78, 5) is 4.21. The van der Waals surface area contributed by atoms with E-state index in [2.05, 4.69) is 17.2 Å². The highest BCUT2D eigenvalue weighted by atomic mass is 16.5. The van der Waals surface area contributed by atoms with Gasteiger partial charge in [0.2, 0.25) is 0 Å². The molecule has 1 unspecified atom stereocenters. The van der Waals surface area contributed by atoms with Crippen LogP contribution in [0.3, 0.4) is 0 Å². The number of nitrogens with zero attached hydrogens (tertiary/aromatic N) is 2. The molecule has 108 valence electrons. The zero-order valence-corrected chi connectivity index (χ0v) is 11.9. The van der Waals surface area contributed by atoms with Crippen molar-refractivity contribution in [2.75, 3.05) is 13.2 Å². The second-order valence-corrected chi connectivity index (χ2v) is 4.71. The number of hydrogen-bond acceptors (Lipinski definition) is 4. The van der Waals surface area contributed by atoms with Gasteiger partial charge in [0.25, 0.3) is 0 Å². The first-order valence-electron chi connectivity index (χ1n) is 6.74. The molecule has 1 atom stereocenters. The predicted molar refractivity (Wildman–Crippen MR) is 77.5 cm³/mol. The molecule has 1 aromatic carbocycles. The van der Waals surface area contributed by atoms with E-state index in [1.165, 1.54) is 5.56 Å². The lowest BCUT2D eigenvalue weighted by molar-refractivity contribution is 0.286. The fourth-order valence-corrected chi connectivity index (χ4v) is 1.94. The Hall–Kier alpha value is -1.85. The monoisotopic (exact) mass is 275 g/mol. The molecule has 0 radical (unpaired) electrons. The Bertz CT molecular complexity index is 522. The van der Waals surface area contributed by atoms with Crippen LogP contribution in [0.15, 0.2) is 36.7 Å². The second kappa shape index (κ2) is 7.07. The standard InChI is InChI=1S/C15H21N3O2/c1-12(16-8-10-19)13-3-5-14(6-4-13)20-11-15-17-7-9-18(15)2/h3-7,9,12,16,19H,8,10-11H2,1-2H3. The van der Waals surface area contributed by atoms with Gasteiger partial charge in [0.1, 0.15) is 18.2 Å². The molecule has 0 saturated carbocycles. The Kier molecular flexibility index (Phi) is 5.15. The Balaban J connectivity index is 1.89. The van der Waals surface area contributed by atoms with Gasteiger partial charge < -0.3 is 19.7 Å². The van der Waals surface area contributed by atoms with Crippen LogP contribution in [-0.4, -0.2) is 27.8 Å². The van der Waals surface area contributed by atoms with Crippen molar-refractivity contribution in [1.29, 1.82) is 0 Å². The third-order valence-electron chi connectivity index (χ3n) is 3.23. The van der Waals surface area contributed by atoms with E-state index in [1.807, 2.05) is 42.1 Å². The molecular weight excluding hydrogens is 254 g/mol. The molecule has 0 aliphatic rings. The van der Waals surface area contributed by atoms with Crippen molar-refractivity contribution in [2.24, 2.45) is 7.05 Å². The minimum Gasteiger partial charge on any atom is -0.486 e. The summed E-state index contributed by atoms with van der Waals surface area (Å²) < 4.78 is 7.64. The molecule has 2 rings (SSSR count). The summed E-state index contributed by atoms with van der Waals surface area (Å²) in [6.45, 7) is 3.27. The minimum absolute atomic E-state index is 0.148.